The third kappa shape index (κ3) is 2.46. The summed E-state index contributed by atoms with van der Waals surface area (Å²) >= 11 is 0. The standard InChI is InChI=1S/C13H22O/c1-10-6-5-8-13(4,12(10)3)9-7-11(2)14/h10H,3,5-9H2,1-2,4H3/t10-,13-/m1/s1. The van der Waals surface area contributed by atoms with Crippen molar-refractivity contribution in [3.05, 3.63) is 12.2 Å². The van der Waals surface area contributed by atoms with E-state index in [1.807, 2.05) is 0 Å². The number of hydrogen-bond donors (Lipinski definition) is 0. The highest BCUT2D eigenvalue weighted by molar-refractivity contribution is 5.75. The maximum absolute atomic E-state index is 11.0. The zero-order chi connectivity index (χ0) is 10.8. The van der Waals surface area contributed by atoms with Gasteiger partial charge in [0.1, 0.15) is 5.78 Å². The summed E-state index contributed by atoms with van der Waals surface area (Å²) in [5, 5.41) is 0. The Morgan fingerprint density at radius 2 is 2.29 bits per heavy atom. The third-order valence-electron chi connectivity index (χ3n) is 3.76. The average molecular weight is 194 g/mol. The molecule has 1 aliphatic rings. The molecule has 0 N–H and O–H groups in total. The van der Waals surface area contributed by atoms with Crippen LogP contribution in [-0.4, -0.2) is 5.78 Å². The molecule has 0 aliphatic heterocycles. The Kier molecular flexibility index (Phi) is 3.52. The van der Waals surface area contributed by atoms with E-state index in [2.05, 4.69) is 20.4 Å². The molecule has 0 bridgehead atoms. The largest absolute Gasteiger partial charge is 0.300 e. The van der Waals surface area contributed by atoms with E-state index >= 15 is 0 Å². The van der Waals surface area contributed by atoms with Gasteiger partial charge in [0, 0.05) is 6.42 Å². The lowest BCUT2D eigenvalue weighted by atomic mass is 9.65. The molecule has 0 unspecified atom stereocenters. The number of carbonyl (C=O) groups is 1. The van der Waals surface area contributed by atoms with Crippen LogP contribution in [0.15, 0.2) is 12.2 Å². The zero-order valence-corrected chi connectivity index (χ0v) is 9.73. The fourth-order valence-electron chi connectivity index (χ4n) is 2.47. The van der Waals surface area contributed by atoms with Crippen LogP contribution in [-0.2, 0) is 4.79 Å². The third-order valence-corrected chi connectivity index (χ3v) is 3.76. The van der Waals surface area contributed by atoms with Gasteiger partial charge < -0.3 is 4.79 Å². The molecule has 80 valence electrons. The van der Waals surface area contributed by atoms with Crippen molar-refractivity contribution in [1.82, 2.24) is 0 Å². The number of rotatable bonds is 3. The fraction of sp³-hybridized carbons (Fsp3) is 0.769. The molecule has 1 saturated carbocycles. The molecule has 1 aliphatic carbocycles. The minimum absolute atomic E-state index is 0.226. The molecular formula is C13H22O. The molecule has 1 nitrogen and oxygen atoms in total. The maximum Gasteiger partial charge on any atom is 0.129 e. The van der Waals surface area contributed by atoms with Gasteiger partial charge in [0.05, 0.1) is 0 Å². The molecule has 0 heterocycles. The van der Waals surface area contributed by atoms with Gasteiger partial charge in [-0.15, -0.1) is 0 Å². The molecule has 14 heavy (non-hydrogen) atoms. The van der Waals surface area contributed by atoms with Crippen LogP contribution in [0.3, 0.4) is 0 Å². The van der Waals surface area contributed by atoms with Crippen molar-refractivity contribution in [3.63, 3.8) is 0 Å². The second-order valence-electron chi connectivity index (χ2n) is 5.08. The number of Topliss-reactive ketones (excluding diaryl/α,β-unsaturated/α-hetero) is 1. The molecule has 2 atom stereocenters. The molecule has 0 radical (unpaired) electrons. The molecular weight excluding hydrogens is 172 g/mol. The Morgan fingerprint density at radius 1 is 1.64 bits per heavy atom. The van der Waals surface area contributed by atoms with Crippen molar-refractivity contribution in [3.8, 4) is 0 Å². The number of hydrogen-bond acceptors (Lipinski definition) is 1. The van der Waals surface area contributed by atoms with Crippen LogP contribution in [0, 0.1) is 11.3 Å². The molecule has 0 spiro atoms. The molecule has 0 aromatic carbocycles. The molecule has 1 fully saturated rings. The van der Waals surface area contributed by atoms with Gasteiger partial charge in [-0.3, -0.25) is 0 Å². The summed E-state index contributed by atoms with van der Waals surface area (Å²) in [6.07, 6.45) is 5.47. The van der Waals surface area contributed by atoms with E-state index in [1.54, 1.807) is 6.92 Å². The molecule has 1 rings (SSSR count). The molecule has 0 aromatic rings. The van der Waals surface area contributed by atoms with E-state index in [4.69, 9.17) is 0 Å². The topological polar surface area (TPSA) is 17.1 Å². The van der Waals surface area contributed by atoms with Gasteiger partial charge in [0.2, 0.25) is 0 Å². The number of allylic oxidation sites excluding steroid dienone is 1. The average Bonchev–Trinajstić information content (AvgIpc) is 2.11. The van der Waals surface area contributed by atoms with Crippen LogP contribution in [0.4, 0.5) is 0 Å². The van der Waals surface area contributed by atoms with Crippen LogP contribution in [0.5, 0.6) is 0 Å². The molecule has 1 heteroatoms. The van der Waals surface area contributed by atoms with E-state index in [1.165, 1.54) is 24.8 Å². The quantitative estimate of drug-likeness (QED) is 0.625. The first-order valence-corrected chi connectivity index (χ1v) is 5.64. The van der Waals surface area contributed by atoms with Gasteiger partial charge in [0.25, 0.3) is 0 Å². The zero-order valence-electron chi connectivity index (χ0n) is 9.73. The van der Waals surface area contributed by atoms with Crippen molar-refractivity contribution in [2.75, 3.05) is 0 Å². The molecule has 0 saturated heterocycles. The van der Waals surface area contributed by atoms with Crippen LogP contribution >= 0.6 is 0 Å². The smallest absolute Gasteiger partial charge is 0.129 e. The summed E-state index contributed by atoms with van der Waals surface area (Å²) in [5.41, 5.74) is 1.59. The highest BCUT2D eigenvalue weighted by Crippen LogP contribution is 2.45. The van der Waals surface area contributed by atoms with E-state index in [-0.39, 0.29) is 5.41 Å². The summed E-state index contributed by atoms with van der Waals surface area (Å²) in [6, 6.07) is 0. The maximum atomic E-state index is 11.0. The second-order valence-corrected chi connectivity index (χ2v) is 5.08. The summed E-state index contributed by atoms with van der Waals surface area (Å²) in [4.78, 5) is 11.0. The minimum Gasteiger partial charge on any atom is -0.300 e. The lowest BCUT2D eigenvalue weighted by Crippen LogP contribution is -2.28. The Labute approximate surface area is 87.6 Å². The highest BCUT2D eigenvalue weighted by Gasteiger charge is 2.33. The first kappa shape index (κ1) is 11.5. The molecule has 0 aromatic heterocycles. The van der Waals surface area contributed by atoms with Gasteiger partial charge in [-0.1, -0.05) is 32.4 Å². The van der Waals surface area contributed by atoms with Crippen molar-refractivity contribution in [2.45, 2.75) is 52.9 Å². The van der Waals surface area contributed by atoms with E-state index < -0.39 is 0 Å². The Hall–Kier alpha value is -0.590. The second kappa shape index (κ2) is 4.29. The summed E-state index contributed by atoms with van der Waals surface area (Å²) in [7, 11) is 0. The van der Waals surface area contributed by atoms with Gasteiger partial charge in [-0.25, -0.2) is 0 Å². The van der Waals surface area contributed by atoms with Crippen LogP contribution < -0.4 is 0 Å². The lowest BCUT2D eigenvalue weighted by molar-refractivity contribution is -0.117. The minimum atomic E-state index is 0.226. The van der Waals surface area contributed by atoms with Crippen LogP contribution in [0.2, 0.25) is 0 Å². The van der Waals surface area contributed by atoms with Gasteiger partial charge in [0.15, 0.2) is 0 Å². The number of carbonyl (C=O) groups excluding carboxylic acids is 1. The highest BCUT2D eigenvalue weighted by atomic mass is 16.1. The van der Waals surface area contributed by atoms with E-state index in [0.717, 1.165) is 6.42 Å². The van der Waals surface area contributed by atoms with Crippen molar-refractivity contribution in [2.24, 2.45) is 11.3 Å². The monoisotopic (exact) mass is 194 g/mol. The Morgan fingerprint density at radius 3 is 2.86 bits per heavy atom. The summed E-state index contributed by atoms with van der Waals surface area (Å²) in [5.74, 6) is 0.943. The lowest BCUT2D eigenvalue weighted by Gasteiger charge is -2.39. The Bertz CT molecular complexity index is 242. The molecule has 0 amide bonds. The van der Waals surface area contributed by atoms with E-state index in [0.29, 0.717) is 18.1 Å². The predicted molar refractivity (Wildman–Crippen MR) is 60.2 cm³/mol. The number of ketones is 1. The first-order valence-electron chi connectivity index (χ1n) is 5.64. The van der Waals surface area contributed by atoms with E-state index in [9.17, 15) is 4.79 Å². The first-order chi connectivity index (χ1) is 6.46. The summed E-state index contributed by atoms with van der Waals surface area (Å²) in [6.45, 7) is 10.4. The van der Waals surface area contributed by atoms with Gasteiger partial charge >= 0.3 is 0 Å². The Balaban J connectivity index is 2.61. The normalized spacial score (nSPS) is 33.1. The fourth-order valence-corrected chi connectivity index (χ4v) is 2.47. The van der Waals surface area contributed by atoms with Crippen LogP contribution in [0.1, 0.15) is 52.9 Å². The van der Waals surface area contributed by atoms with Crippen molar-refractivity contribution >= 4 is 5.78 Å². The van der Waals surface area contributed by atoms with Gasteiger partial charge in [-0.2, -0.15) is 0 Å². The van der Waals surface area contributed by atoms with Crippen LogP contribution in [0.25, 0.3) is 0 Å². The predicted octanol–water partition coefficient (Wildman–Crippen LogP) is 3.74. The summed E-state index contributed by atoms with van der Waals surface area (Å²) < 4.78 is 0. The van der Waals surface area contributed by atoms with Crippen molar-refractivity contribution in [1.29, 1.82) is 0 Å². The SMILES string of the molecule is C=C1[C@H](C)CCC[C@]1(C)CCC(C)=O. The van der Waals surface area contributed by atoms with Crippen molar-refractivity contribution < 1.29 is 4.79 Å². The van der Waals surface area contributed by atoms with Gasteiger partial charge in [-0.05, 0) is 37.5 Å².